The summed E-state index contributed by atoms with van der Waals surface area (Å²) in [5.41, 5.74) is 1.37. The monoisotopic (exact) mass is 476 g/mol. The van der Waals surface area contributed by atoms with Gasteiger partial charge in [-0.3, -0.25) is 14.9 Å². The van der Waals surface area contributed by atoms with Crippen LogP contribution in [-0.4, -0.2) is 37.8 Å². The SMILES string of the molecule is CC(C)(O)C[C@@H](Cc1ccccn1)NC(=O)c1cccc(F)c1-c1cc(-c2ccc(F)cc2)[nH]n1. The third-order valence-corrected chi connectivity index (χ3v) is 5.51. The number of nitrogens with zero attached hydrogens (tertiary/aromatic N) is 2. The second kappa shape index (κ2) is 10.1. The van der Waals surface area contributed by atoms with Crippen LogP contribution in [0.5, 0.6) is 0 Å². The molecule has 0 aliphatic rings. The van der Waals surface area contributed by atoms with Gasteiger partial charge in [0.25, 0.3) is 5.91 Å². The van der Waals surface area contributed by atoms with Crippen molar-refractivity contribution in [2.45, 2.75) is 38.3 Å². The number of aromatic amines is 1. The predicted octanol–water partition coefficient (Wildman–Crippen LogP) is 4.92. The van der Waals surface area contributed by atoms with Gasteiger partial charge < -0.3 is 10.4 Å². The van der Waals surface area contributed by atoms with Crippen molar-refractivity contribution >= 4 is 5.91 Å². The van der Waals surface area contributed by atoms with Gasteiger partial charge in [-0.15, -0.1) is 0 Å². The second-order valence-corrected chi connectivity index (χ2v) is 9.05. The summed E-state index contributed by atoms with van der Waals surface area (Å²) in [5, 5.41) is 20.4. The molecular formula is C27H26F2N4O2. The van der Waals surface area contributed by atoms with Crippen LogP contribution < -0.4 is 5.32 Å². The summed E-state index contributed by atoms with van der Waals surface area (Å²) in [4.78, 5) is 17.6. The van der Waals surface area contributed by atoms with Gasteiger partial charge in [0.15, 0.2) is 0 Å². The Balaban J connectivity index is 1.63. The Hall–Kier alpha value is -3.91. The van der Waals surface area contributed by atoms with Crippen LogP contribution >= 0.6 is 0 Å². The molecule has 0 saturated heterocycles. The second-order valence-electron chi connectivity index (χ2n) is 9.05. The molecule has 0 radical (unpaired) electrons. The van der Waals surface area contributed by atoms with Gasteiger partial charge in [0.1, 0.15) is 11.6 Å². The van der Waals surface area contributed by atoms with Crippen molar-refractivity contribution in [2.75, 3.05) is 0 Å². The van der Waals surface area contributed by atoms with E-state index in [1.807, 2.05) is 12.1 Å². The first-order valence-electron chi connectivity index (χ1n) is 11.2. The Labute approximate surface area is 202 Å². The van der Waals surface area contributed by atoms with E-state index in [4.69, 9.17) is 0 Å². The highest BCUT2D eigenvalue weighted by Gasteiger charge is 2.26. The van der Waals surface area contributed by atoms with E-state index in [9.17, 15) is 18.7 Å². The van der Waals surface area contributed by atoms with Gasteiger partial charge in [0, 0.05) is 24.4 Å². The molecule has 180 valence electrons. The van der Waals surface area contributed by atoms with E-state index < -0.39 is 23.4 Å². The summed E-state index contributed by atoms with van der Waals surface area (Å²) < 4.78 is 28.3. The zero-order valence-electron chi connectivity index (χ0n) is 19.4. The molecule has 0 bridgehead atoms. The number of pyridine rings is 1. The molecule has 3 N–H and O–H groups in total. The molecule has 4 rings (SSSR count). The van der Waals surface area contributed by atoms with Gasteiger partial charge in [0.05, 0.1) is 28.1 Å². The van der Waals surface area contributed by atoms with Crippen LogP contribution in [0.15, 0.2) is 72.9 Å². The lowest BCUT2D eigenvalue weighted by Crippen LogP contribution is -2.41. The summed E-state index contributed by atoms with van der Waals surface area (Å²) in [5.74, 6) is -1.46. The zero-order chi connectivity index (χ0) is 25.0. The van der Waals surface area contributed by atoms with Crippen LogP contribution in [-0.2, 0) is 6.42 Å². The van der Waals surface area contributed by atoms with Crippen molar-refractivity contribution in [3.63, 3.8) is 0 Å². The Kier molecular flexibility index (Phi) is 7.02. The number of benzene rings is 2. The maximum absolute atomic E-state index is 15.0. The zero-order valence-corrected chi connectivity index (χ0v) is 19.4. The number of carbonyl (C=O) groups excluding carboxylic acids is 1. The molecule has 4 aromatic rings. The van der Waals surface area contributed by atoms with E-state index in [0.717, 1.165) is 5.69 Å². The summed E-state index contributed by atoms with van der Waals surface area (Å²) in [6.07, 6.45) is 2.34. The molecule has 0 aliphatic heterocycles. The summed E-state index contributed by atoms with van der Waals surface area (Å²) in [6, 6.07) is 16.7. The van der Waals surface area contributed by atoms with E-state index in [0.29, 0.717) is 17.7 Å². The number of H-pyrrole nitrogens is 1. The quantitative estimate of drug-likeness (QED) is 0.337. The van der Waals surface area contributed by atoms with Gasteiger partial charge >= 0.3 is 0 Å². The summed E-state index contributed by atoms with van der Waals surface area (Å²) >= 11 is 0. The molecule has 1 amide bonds. The first kappa shape index (κ1) is 24.2. The average Bonchev–Trinajstić information content (AvgIpc) is 3.28. The molecule has 0 unspecified atom stereocenters. The van der Waals surface area contributed by atoms with Crippen LogP contribution in [0.4, 0.5) is 8.78 Å². The maximum Gasteiger partial charge on any atom is 0.252 e. The minimum Gasteiger partial charge on any atom is -0.390 e. The predicted molar refractivity (Wildman–Crippen MR) is 129 cm³/mol. The number of hydrogen-bond acceptors (Lipinski definition) is 4. The maximum atomic E-state index is 15.0. The molecule has 6 nitrogen and oxygen atoms in total. The highest BCUT2D eigenvalue weighted by atomic mass is 19.1. The van der Waals surface area contributed by atoms with Crippen molar-refractivity contribution in [2.24, 2.45) is 0 Å². The van der Waals surface area contributed by atoms with E-state index >= 15 is 0 Å². The van der Waals surface area contributed by atoms with Crippen molar-refractivity contribution in [1.82, 2.24) is 20.5 Å². The summed E-state index contributed by atoms with van der Waals surface area (Å²) in [6.45, 7) is 3.33. The minimum absolute atomic E-state index is 0.0504. The standard InChI is InChI=1S/C27H26F2N4O2/c1-27(2,35)16-20(14-19-6-3-4-13-30-19)31-26(34)21-7-5-8-22(29)25(21)24-15-23(32-33-24)17-9-11-18(28)12-10-17/h3-13,15,20,35H,14,16H2,1-2H3,(H,31,34)(H,32,33)/t20-/m1/s1. The number of aliphatic hydroxyl groups is 1. The third-order valence-electron chi connectivity index (χ3n) is 5.51. The number of amides is 1. The molecule has 0 aliphatic carbocycles. The number of halogens is 2. The number of aromatic nitrogens is 3. The fourth-order valence-corrected chi connectivity index (χ4v) is 4.01. The fourth-order valence-electron chi connectivity index (χ4n) is 4.01. The van der Waals surface area contributed by atoms with Crippen LogP contribution in [0.1, 0.15) is 36.3 Å². The lowest BCUT2D eigenvalue weighted by molar-refractivity contribution is 0.0571. The lowest BCUT2D eigenvalue weighted by atomic mass is 9.95. The largest absolute Gasteiger partial charge is 0.390 e. The molecule has 2 heterocycles. The van der Waals surface area contributed by atoms with E-state index in [1.54, 1.807) is 44.3 Å². The molecule has 2 aromatic carbocycles. The number of carbonyl (C=O) groups is 1. The van der Waals surface area contributed by atoms with Crippen LogP contribution in [0.3, 0.4) is 0 Å². The first-order valence-corrected chi connectivity index (χ1v) is 11.2. The van der Waals surface area contributed by atoms with Crippen molar-refractivity contribution < 1.29 is 18.7 Å². The molecule has 1 atom stereocenters. The molecule has 0 spiro atoms. The fraction of sp³-hybridized carbons (Fsp3) is 0.222. The van der Waals surface area contributed by atoms with Gasteiger partial charge in [-0.25, -0.2) is 8.78 Å². The van der Waals surface area contributed by atoms with Crippen LogP contribution in [0.2, 0.25) is 0 Å². The van der Waals surface area contributed by atoms with Gasteiger partial charge in [-0.1, -0.05) is 12.1 Å². The van der Waals surface area contributed by atoms with Crippen LogP contribution in [0.25, 0.3) is 22.5 Å². The first-order chi connectivity index (χ1) is 16.7. The molecular weight excluding hydrogens is 450 g/mol. The molecule has 35 heavy (non-hydrogen) atoms. The minimum atomic E-state index is -1.04. The van der Waals surface area contributed by atoms with Crippen LogP contribution in [0, 0.1) is 11.6 Å². The highest BCUT2D eigenvalue weighted by molar-refractivity contribution is 6.01. The highest BCUT2D eigenvalue weighted by Crippen LogP contribution is 2.29. The molecule has 0 saturated carbocycles. The van der Waals surface area contributed by atoms with E-state index in [2.05, 4.69) is 20.5 Å². The Morgan fingerprint density at radius 3 is 2.54 bits per heavy atom. The topological polar surface area (TPSA) is 90.9 Å². The van der Waals surface area contributed by atoms with Gasteiger partial charge in [0.2, 0.25) is 0 Å². The summed E-state index contributed by atoms with van der Waals surface area (Å²) in [7, 11) is 0. The van der Waals surface area contributed by atoms with Crippen molar-refractivity contribution in [3.05, 3.63) is 95.8 Å². The number of hydrogen-bond donors (Lipinski definition) is 3. The number of rotatable bonds is 8. The Morgan fingerprint density at radius 1 is 1.09 bits per heavy atom. The Morgan fingerprint density at radius 2 is 1.86 bits per heavy atom. The van der Waals surface area contributed by atoms with Crippen molar-refractivity contribution in [3.8, 4) is 22.5 Å². The Bertz CT molecular complexity index is 1300. The normalized spacial score (nSPS) is 12.4. The smallest absolute Gasteiger partial charge is 0.252 e. The molecule has 0 fully saturated rings. The van der Waals surface area contributed by atoms with E-state index in [-0.39, 0.29) is 29.1 Å². The molecule has 2 aromatic heterocycles. The third kappa shape index (κ3) is 6.16. The van der Waals surface area contributed by atoms with Gasteiger partial charge in [-0.2, -0.15) is 5.10 Å². The van der Waals surface area contributed by atoms with Gasteiger partial charge in [-0.05, 0) is 80.4 Å². The van der Waals surface area contributed by atoms with E-state index in [1.165, 1.54) is 30.3 Å². The average molecular weight is 477 g/mol. The molecule has 8 heteroatoms. The lowest BCUT2D eigenvalue weighted by Gasteiger charge is -2.26. The van der Waals surface area contributed by atoms with Crippen molar-refractivity contribution in [1.29, 1.82) is 0 Å². The number of nitrogens with one attached hydrogen (secondary N) is 2.